The molecule has 0 aliphatic carbocycles. The van der Waals surface area contributed by atoms with Crippen molar-refractivity contribution < 1.29 is 0 Å². The molecule has 0 aromatic carbocycles. The number of hydrogen-bond acceptors (Lipinski definition) is 2. The Morgan fingerprint density at radius 2 is 2.20 bits per heavy atom. The fourth-order valence-electron chi connectivity index (χ4n) is 1.51. The van der Waals surface area contributed by atoms with E-state index in [2.05, 4.69) is 10.1 Å². The fraction of sp³-hybridized carbons (Fsp3) is 0.400. The van der Waals surface area contributed by atoms with Crippen molar-refractivity contribution in [2.24, 2.45) is 0 Å². The predicted molar refractivity (Wildman–Crippen MR) is 59.6 cm³/mol. The van der Waals surface area contributed by atoms with E-state index in [0.29, 0.717) is 16.2 Å². The van der Waals surface area contributed by atoms with E-state index >= 15 is 0 Å². The zero-order chi connectivity index (χ0) is 11.2. The standard InChI is InChI=1S/C10H12ClN3O/c1-5(2)7-4-12-9-8(11)6(3)13-14(9)10(7)15/h4-5,13H,1-3H3. The van der Waals surface area contributed by atoms with Gasteiger partial charge in [0.2, 0.25) is 0 Å². The first-order valence-corrected chi connectivity index (χ1v) is 5.16. The van der Waals surface area contributed by atoms with Crippen LogP contribution in [0, 0.1) is 6.92 Å². The summed E-state index contributed by atoms with van der Waals surface area (Å²) in [6, 6.07) is 0. The SMILES string of the molecule is Cc1[nH]n2c(=O)c(C(C)C)cnc2c1Cl. The molecule has 0 spiro atoms. The van der Waals surface area contributed by atoms with Gasteiger partial charge >= 0.3 is 0 Å². The van der Waals surface area contributed by atoms with Crippen molar-refractivity contribution in [3.8, 4) is 0 Å². The van der Waals surface area contributed by atoms with Gasteiger partial charge in [0.05, 0.1) is 5.69 Å². The molecule has 2 aromatic rings. The number of nitrogens with zero attached hydrogens (tertiary/aromatic N) is 2. The molecule has 0 radical (unpaired) electrons. The van der Waals surface area contributed by atoms with Gasteiger partial charge in [0.25, 0.3) is 5.56 Å². The molecule has 2 heterocycles. The van der Waals surface area contributed by atoms with Crippen LogP contribution in [0.2, 0.25) is 5.02 Å². The van der Waals surface area contributed by atoms with Crippen LogP contribution in [-0.4, -0.2) is 14.6 Å². The van der Waals surface area contributed by atoms with Gasteiger partial charge in [-0.05, 0) is 12.8 Å². The highest BCUT2D eigenvalue weighted by atomic mass is 35.5. The average Bonchev–Trinajstić information content (AvgIpc) is 2.45. The molecule has 0 aliphatic heterocycles. The second-order valence-electron chi connectivity index (χ2n) is 3.88. The summed E-state index contributed by atoms with van der Waals surface area (Å²) in [6.45, 7) is 5.73. The number of fused-ring (bicyclic) bond motifs is 1. The quantitative estimate of drug-likeness (QED) is 0.808. The number of aryl methyl sites for hydroxylation is 1. The van der Waals surface area contributed by atoms with E-state index in [9.17, 15) is 4.79 Å². The molecular formula is C10H12ClN3O. The minimum atomic E-state index is -0.0787. The van der Waals surface area contributed by atoms with E-state index in [1.165, 1.54) is 4.52 Å². The number of nitrogens with one attached hydrogen (secondary N) is 1. The van der Waals surface area contributed by atoms with Crippen LogP contribution in [0.5, 0.6) is 0 Å². The normalized spacial score (nSPS) is 11.5. The lowest BCUT2D eigenvalue weighted by Crippen LogP contribution is -2.20. The Balaban J connectivity index is 2.86. The van der Waals surface area contributed by atoms with Gasteiger partial charge in [0.1, 0.15) is 5.02 Å². The van der Waals surface area contributed by atoms with Crippen molar-refractivity contribution in [2.45, 2.75) is 26.7 Å². The fourth-order valence-corrected chi connectivity index (χ4v) is 1.68. The third kappa shape index (κ3) is 1.45. The molecule has 5 heteroatoms. The first-order valence-electron chi connectivity index (χ1n) is 4.78. The lowest BCUT2D eigenvalue weighted by Gasteiger charge is -2.03. The minimum Gasteiger partial charge on any atom is -0.292 e. The van der Waals surface area contributed by atoms with Gasteiger partial charge in [-0.2, -0.15) is 4.52 Å². The molecule has 0 atom stereocenters. The molecular weight excluding hydrogens is 214 g/mol. The molecule has 2 rings (SSSR count). The van der Waals surface area contributed by atoms with Crippen LogP contribution in [0.25, 0.3) is 5.65 Å². The van der Waals surface area contributed by atoms with Crippen molar-refractivity contribution >= 4 is 17.2 Å². The number of H-pyrrole nitrogens is 1. The van der Waals surface area contributed by atoms with Gasteiger partial charge in [-0.15, -0.1) is 0 Å². The lowest BCUT2D eigenvalue weighted by atomic mass is 10.1. The van der Waals surface area contributed by atoms with E-state index in [-0.39, 0.29) is 11.5 Å². The largest absolute Gasteiger partial charge is 0.292 e. The Labute approximate surface area is 91.9 Å². The number of aromatic nitrogens is 3. The molecule has 1 N–H and O–H groups in total. The van der Waals surface area contributed by atoms with Crippen molar-refractivity contribution in [1.29, 1.82) is 0 Å². The molecule has 0 unspecified atom stereocenters. The van der Waals surface area contributed by atoms with Crippen LogP contribution >= 0.6 is 11.6 Å². The minimum absolute atomic E-state index is 0.0787. The summed E-state index contributed by atoms with van der Waals surface area (Å²) in [7, 11) is 0. The van der Waals surface area contributed by atoms with Crippen molar-refractivity contribution in [1.82, 2.24) is 14.6 Å². The Kier molecular flexibility index (Phi) is 2.31. The summed E-state index contributed by atoms with van der Waals surface area (Å²) in [5.41, 5.74) is 1.85. The molecule has 0 aliphatic rings. The van der Waals surface area contributed by atoms with Crippen LogP contribution in [-0.2, 0) is 0 Å². The topological polar surface area (TPSA) is 50.2 Å². The van der Waals surface area contributed by atoms with Crippen molar-refractivity contribution in [3.05, 3.63) is 32.8 Å². The second-order valence-corrected chi connectivity index (χ2v) is 4.26. The average molecular weight is 226 g/mol. The highest BCUT2D eigenvalue weighted by Gasteiger charge is 2.13. The predicted octanol–water partition coefficient (Wildman–Crippen LogP) is 2.11. The molecule has 4 nitrogen and oxygen atoms in total. The Hall–Kier alpha value is -1.29. The van der Waals surface area contributed by atoms with E-state index in [1.807, 2.05) is 20.8 Å². The van der Waals surface area contributed by atoms with Gasteiger partial charge in [-0.3, -0.25) is 9.89 Å². The summed E-state index contributed by atoms with van der Waals surface area (Å²) < 4.78 is 1.40. The van der Waals surface area contributed by atoms with Gasteiger partial charge in [0, 0.05) is 11.8 Å². The second kappa shape index (κ2) is 3.38. The van der Waals surface area contributed by atoms with E-state index in [4.69, 9.17) is 11.6 Å². The van der Waals surface area contributed by atoms with Crippen LogP contribution in [0.3, 0.4) is 0 Å². The van der Waals surface area contributed by atoms with Gasteiger partial charge in [-0.1, -0.05) is 25.4 Å². The number of halogens is 1. The zero-order valence-electron chi connectivity index (χ0n) is 8.84. The highest BCUT2D eigenvalue weighted by Crippen LogP contribution is 2.18. The Bertz CT molecular complexity index is 568. The van der Waals surface area contributed by atoms with Crippen molar-refractivity contribution in [3.63, 3.8) is 0 Å². The monoisotopic (exact) mass is 225 g/mol. The van der Waals surface area contributed by atoms with E-state index in [0.717, 1.165) is 5.69 Å². The molecule has 0 fully saturated rings. The summed E-state index contributed by atoms with van der Waals surface area (Å²) in [6.07, 6.45) is 1.60. The highest BCUT2D eigenvalue weighted by molar-refractivity contribution is 6.34. The van der Waals surface area contributed by atoms with Crippen LogP contribution < -0.4 is 5.56 Å². The Morgan fingerprint density at radius 3 is 2.80 bits per heavy atom. The molecule has 2 aromatic heterocycles. The molecule has 0 amide bonds. The number of aromatic amines is 1. The van der Waals surface area contributed by atoms with Crippen LogP contribution in [0.4, 0.5) is 0 Å². The number of hydrogen-bond donors (Lipinski definition) is 1. The molecule has 80 valence electrons. The van der Waals surface area contributed by atoms with E-state index < -0.39 is 0 Å². The first-order chi connectivity index (χ1) is 7.02. The lowest BCUT2D eigenvalue weighted by molar-refractivity contribution is 0.789. The van der Waals surface area contributed by atoms with E-state index in [1.54, 1.807) is 6.20 Å². The molecule has 15 heavy (non-hydrogen) atoms. The maximum Gasteiger partial charge on any atom is 0.276 e. The van der Waals surface area contributed by atoms with Gasteiger partial charge in [0.15, 0.2) is 5.65 Å². The molecule has 0 saturated carbocycles. The zero-order valence-corrected chi connectivity index (χ0v) is 9.59. The summed E-state index contributed by atoms with van der Waals surface area (Å²) in [4.78, 5) is 16.2. The van der Waals surface area contributed by atoms with Crippen LogP contribution in [0.15, 0.2) is 11.0 Å². The van der Waals surface area contributed by atoms with Gasteiger partial charge in [-0.25, -0.2) is 4.98 Å². The number of rotatable bonds is 1. The first kappa shape index (κ1) is 10.2. The Morgan fingerprint density at radius 1 is 1.53 bits per heavy atom. The van der Waals surface area contributed by atoms with Crippen LogP contribution in [0.1, 0.15) is 31.0 Å². The third-order valence-electron chi connectivity index (χ3n) is 2.41. The maximum atomic E-state index is 12.0. The molecule has 0 saturated heterocycles. The summed E-state index contributed by atoms with van der Waals surface area (Å²) in [5, 5.41) is 3.40. The molecule has 0 bridgehead atoms. The smallest absolute Gasteiger partial charge is 0.276 e. The third-order valence-corrected chi connectivity index (χ3v) is 2.87. The maximum absolute atomic E-state index is 12.0. The van der Waals surface area contributed by atoms with Gasteiger partial charge < -0.3 is 0 Å². The summed E-state index contributed by atoms with van der Waals surface area (Å²) in [5.74, 6) is 0.157. The van der Waals surface area contributed by atoms with Crippen molar-refractivity contribution in [2.75, 3.05) is 0 Å². The summed E-state index contributed by atoms with van der Waals surface area (Å²) >= 11 is 5.99.